The first-order chi connectivity index (χ1) is 15.5. The molecule has 1 fully saturated rings. The number of hydrogen-bond donors (Lipinski definition) is 0. The minimum Gasteiger partial charge on any atom is -0.490 e. The summed E-state index contributed by atoms with van der Waals surface area (Å²) < 4.78 is 58.7. The van der Waals surface area contributed by atoms with Crippen molar-refractivity contribution in [3.05, 3.63) is 48.3 Å². The zero-order valence-corrected chi connectivity index (χ0v) is 20.5. The molecule has 1 saturated heterocycles. The lowest BCUT2D eigenvalue weighted by molar-refractivity contribution is 0.135. The predicted octanol–water partition coefficient (Wildman–Crippen LogP) is 2.61. The standard InChI is InChI=1S/C22H28N4O5S2/c1-17(2)16-26(19-5-4-18(14-23)24-15-19)33(29,30)22-8-6-20(7-9-22)31-21-10-12-25(13-11-21)32(3,27)28/h4-9,15,17,21H,10-13,16H2,1-3H3. The van der Waals surface area contributed by atoms with Gasteiger partial charge in [0.05, 0.1) is 23.0 Å². The quantitative estimate of drug-likeness (QED) is 0.555. The molecule has 11 heteroatoms. The summed E-state index contributed by atoms with van der Waals surface area (Å²) in [7, 11) is -7.06. The van der Waals surface area contributed by atoms with Gasteiger partial charge in [-0.05, 0) is 55.2 Å². The van der Waals surface area contributed by atoms with Gasteiger partial charge in [0.15, 0.2) is 0 Å². The topological polar surface area (TPSA) is 121 Å². The van der Waals surface area contributed by atoms with E-state index in [1.54, 1.807) is 18.2 Å². The van der Waals surface area contributed by atoms with E-state index in [4.69, 9.17) is 10.00 Å². The number of anilines is 1. The second-order valence-corrected chi connectivity index (χ2v) is 12.2. The maximum absolute atomic E-state index is 13.4. The van der Waals surface area contributed by atoms with Crippen LogP contribution in [0.3, 0.4) is 0 Å². The van der Waals surface area contributed by atoms with Crippen LogP contribution in [0, 0.1) is 17.2 Å². The Hall–Kier alpha value is -2.68. The van der Waals surface area contributed by atoms with Crippen LogP contribution in [0.1, 0.15) is 32.4 Å². The molecule has 2 aromatic rings. The molecular formula is C22H28N4O5S2. The van der Waals surface area contributed by atoms with Gasteiger partial charge in [-0.1, -0.05) is 13.8 Å². The summed E-state index contributed by atoms with van der Waals surface area (Å²) >= 11 is 0. The van der Waals surface area contributed by atoms with E-state index in [1.807, 2.05) is 19.9 Å². The molecule has 0 amide bonds. The Morgan fingerprint density at radius 3 is 2.24 bits per heavy atom. The Bertz CT molecular complexity index is 1200. The predicted molar refractivity (Wildman–Crippen MR) is 125 cm³/mol. The Kier molecular flexibility index (Phi) is 7.62. The van der Waals surface area contributed by atoms with Crippen LogP contribution < -0.4 is 9.04 Å². The zero-order chi connectivity index (χ0) is 24.2. The largest absolute Gasteiger partial charge is 0.490 e. The van der Waals surface area contributed by atoms with Crippen LogP contribution in [0.25, 0.3) is 0 Å². The highest BCUT2D eigenvalue weighted by Gasteiger charge is 2.28. The second-order valence-electron chi connectivity index (χ2n) is 8.39. The second kappa shape index (κ2) is 10.1. The van der Waals surface area contributed by atoms with E-state index in [0.717, 1.165) is 0 Å². The lowest BCUT2D eigenvalue weighted by Gasteiger charge is -2.30. The van der Waals surface area contributed by atoms with Gasteiger partial charge >= 0.3 is 0 Å². The molecular weight excluding hydrogens is 464 g/mol. The summed E-state index contributed by atoms with van der Waals surface area (Å²) in [5.41, 5.74) is 0.602. The Labute approximate surface area is 195 Å². The molecule has 1 aromatic heterocycles. The monoisotopic (exact) mass is 492 g/mol. The van der Waals surface area contributed by atoms with E-state index in [1.165, 1.54) is 39.3 Å². The van der Waals surface area contributed by atoms with Gasteiger partial charge in [0.1, 0.15) is 23.6 Å². The van der Waals surface area contributed by atoms with Gasteiger partial charge < -0.3 is 4.74 Å². The van der Waals surface area contributed by atoms with Gasteiger partial charge in [0.25, 0.3) is 10.0 Å². The fourth-order valence-corrected chi connectivity index (χ4v) is 6.05. The number of pyridine rings is 1. The third kappa shape index (κ3) is 6.22. The van der Waals surface area contributed by atoms with Gasteiger partial charge in [-0.25, -0.2) is 26.1 Å². The first-order valence-corrected chi connectivity index (χ1v) is 13.9. The molecule has 1 aliphatic heterocycles. The number of benzene rings is 1. The number of nitrogens with zero attached hydrogens (tertiary/aromatic N) is 4. The highest BCUT2D eigenvalue weighted by atomic mass is 32.2. The molecule has 0 saturated carbocycles. The smallest absolute Gasteiger partial charge is 0.264 e. The molecule has 9 nitrogen and oxygen atoms in total. The van der Waals surface area contributed by atoms with Crippen molar-refractivity contribution in [1.29, 1.82) is 5.26 Å². The number of nitriles is 1. The van der Waals surface area contributed by atoms with E-state index in [9.17, 15) is 16.8 Å². The minimum atomic E-state index is -3.86. The van der Waals surface area contributed by atoms with E-state index >= 15 is 0 Å². The van der Waals surface area contributed by atoms with E-state index < -0.39 is 20.0 Å². The molecule has 33 heavy (non-hydrogen) atoms. The highest BCUT2D eigenvalue weighted by molar-refractivity contribution is 7.92. The van der Waals surface area contributed by atoms with Crippen molar-refractivity contribution < 1.29 is 21.6 Å². The number of rotatable bonds is 8. The first-order valence-electron chi connectivity index (χ1n) is 10.6. The number of sulfonamides is 2. The summed E-state index contributed by atoms with van der Waals surface area (Å²) in [5.74, 6) is 0.595. The van der Waals surface area contributed by atoms with Crippen molar-refractivity contribution in [2.24, 2.45) is 5.92 Å². The zero-order valence-electron chi connectivity index (χ0n) is 18.9. The van der Waals surface area contributed by atoms with Crippen LogP contribution in [0.5, 0.6) is 5.75 Å². The molecule has 178 valence electrons. The molecule has 0 aliphatic carbocycles. The SMILES string of the molecule is CC(C)CN(c1ccc(C#N)nc1)S(=O)(=O)c1ccc(OC2CCN(S(C)(=O)=O)CC2)cc1. The third-order valence-corrected chi connectivity index (χ3v) is 8.38. The van der Waals surface area contributed by atoms with Crippen molar-refractivity contribution in [2.75, 3.05) is 30.2 Å². The molecule has 0 radical (unpaired) electrons. The molecule has 0 bridgehead atoms. The van der Waals surface area contributed by atoms with Crippen LogP contribution in [0.15, 0.2) is 47.5 Å². The van der Waals surface area contributed by atoms with Gasteiger partial charge in [-0.15, -0.1) is 0 Å². The number of aromatic nitrogens is 1. The van der Waals surface area contributed by atoms with Crippen molar-refractivity contribution in [3.63, 3.8) is 0 Å². The van der Waals surface area contributed by atoms with Crippen molar-refractivity contribution in [3.8, 4) is 11.8 Å². The minimum absolute atomic E-state index is 0.0656. The van der Waals surface area contributed by atoms with Crippen molar-refractivity contribution in [2.45, 2.75) is 37.7 Å². The molecule has 0 atom stereocenters. The average Bonchev–Trinajstić information content (AvgIpc) is 2.77. The van der Waals surface area contributed by atoms with Gasteiger partial charge in [0.2, 0.25) is 10.0 Å². The van der Waals surface area contributed by atoms with Gasteiger partial charge in [0, 0.05) is 19.6 Å². The summed E-state index contributed by atoms with van der Waals surface area (Å²) in [4.78, 5) is 4.12. The Balaban J connectivity index is 1.75. The van der Waals surface area contributed by atoms with Crippen LogP contribution in [-0.2, 0) is 20.0 Å². The van der Waals surface area contributed by atoms with Gasteiger partial charge in [-0.3, -0.25) is 4.31 Å². The summed E-state index contributed by atoms with van der Waals surface area (Å²) in [6.45, 7) is 4.90. The number of hydrogen-bond acceptors (Lipinski definition) is 7. The lowest BCUT2D eigenvalue weighted by Crippen LogP contribution is -2.41. The fraction of sp³-hybridized carbons (Fsp3) is 0.455. The average molecular weight is 493 g/mol. The number of ether oxygens (including phenoxy) is 1. The molecule has 1 aromatic carbocycles. The molecule has 1 aliphatic rings. The van der Waals surface area contributed by atoms with E-state index in [0.29, 0.717) is 37.4 Å². The highest BCUT2D eigenvalue weighted by Crippen LogP contribution is 2.27. The van der Waals surface area contributed by atoms with E-state index in [-0.39, 0.29) is 29.2 Å². The fourth-order valence-electron chi connectivity index (χ4n) is 3.57. The van der Waals surface area contributed by atoms with Crippen molar-refractivity contribution in [1.82, 2.24) is 9.29 Å². The molecule has 0 unspecified atom stereocenters. The van der Waals surface area contributed by atoms with Crippen LogP contribution in [-0.4, -0.2) is 58.1 Å². The van der Waals surface area contributed by atoms with Crippen molar-refractivity contribution >= 4 is 25.7 Å². The molecule has 2 heterocycles. The summed E-state index contributed by atoms with van der Waals surface area (Å²) in [6.07, 6.45) is 3.60. The van der Waals surface area contributed by atoms with E-state index in [2.05, 4.69) is 4.98 Å². The summed E-state index contributed by atoms with van der Waals surface area (Å²) in [5, 5.41) is 8.96. The Morgan fingerprint density at radius 2 is 1.76 bits per heavy atom. The normalized spacial score (nSPS) is 15.8. The van der Waals surface area contributed by atoms with Crippen LogP contribution in [0.4, 0.5) is 5.69 Å². The molecule has 0 spiro atoms. The van der Waals surface area contributed by atoms with Crippen LogP contribution >= 0.6 is 0 Å². The maximum Gasteiger partial charge on any atom is 0.264 e. The number of piperidine rings is 1. The lowest BCUT2D eigenvalue weighted by atomic mass is 10.1. The third-order valence-electron chi connectivity index (χ3n) is 5.27. The van der Waals surface area contributed by atoms with Gasteiger partial charge in [-0.2, -0.15) is 5.26 Å². The van der Waals surface area contributed by atoms with Crippen LogP contribution in [0.2, 0.25) is 0 Å². The maximum atomic E-state index is 13.4. The summed E-state index contributed by atoms with van der Waals surface area (Å²) in [6, 6.07) is 11.2. The Morgan fingerprint density at radius 1 is 1.12 bits per heavy atom. The molecule has 3 rings (SSSR count). The first kappa shape index (κ1) is 25.0. The molecule has 0 N–H and O–H groups in total.